The summed E-state index contributed by atoms with van der Waals surface area (Å²) < 4.78 is 2.06. The Labute approximate surface area is 91.9 Å². The van der Waals surface area contributed by atoms with E-state index in [2.05, 4.69) is 42.1 Å². The van der Waals surface area contributed by atoms with Gasteiger partial charge in [-0.25, -0.2) is 0 Å². The fourth-order valence-electron chi connectivity index (χ4n) is 2.57. The highest BCUT2D eigenvalue weighted by molar-refractivity contribution is 5.16. The van der Waals surface area contributed by atoms with Gasteiger partial charge in [-0.3, -0.25) is 4.68 Å². The molecule has 1 aromatic heterocycles. The first kappa shape index (κ1) is 10.7. The van der Waals surface area contributed by atoms with Gasteiger partial charge in [0.15, 0.2) is 0 Å². The number of nitrogens with one attached hydrogen (secondary N) is 1. The van der Waals surface area contributed by atoms with Gasteiger partial charge in [0.05, 0.1) is 6.20 Å². The van der Waals surface area contributed by atoms with Crippen molar-refractivity contribution in [3.8, 4) is 0 Å². The minimum Gasteiger partial charge on any atom is -0.311 e. The molecule has 1 aliphatic heterocycles. The van der Waals surface area contributed by atoms with Crippen LogP contribution >= 0.6 is 0 Å². The van der Waals surface area contributed by atoms with Crippen molar-refractivity contribution in [2.75, 3.05) is 0 Å². The molecule has 1 saturated heterocycles. The molecular formula is C12H21N3. The topological polar surface area (TPSA) is 29.9 Å². The van der Waals surface area contributed by atoms with Crippen molar-refractivity contribution in [1.29, 1.82) is 0 Å². The van der Waals surface area contributed by atoms with Gasteiger partial charge in [-0.2, -0.15) is 5.10 Å². The lowest BCUT2D eigenvalue weighted by Crippen LogP contribution is -2.26. The predicted octanol–water partition coefficient (Wildman–Crippen LogP) is 2.15. The van der Waals surface area contributed by atoms with Crippen LogP contribution in [-0.2, 0) is 6.54 Å². The number of aromatic nitrogens is 2. The molecule has 0 spiro atoms. The van der Waals surface area contributed by atoms with E-state index < -0.39 is 0 Å². The molecule has 0 amide bonds. The summed E-state index contributed by atoms with van der Waals surface area (Å²) in [6, 6.07) is 1.22. The third kappa shape index (κ3) is 2.23. The summed E-state index contributed by atoms with van der Waals surface area (Å²) in [4.78, 5) is 0. The Morgan fingerprint density at radius 3 is 2.93 bits per heavy atom. The summed E-state index contributed by atoms with van der Waals surface area (Å²) in [7, 11) is 0. The number of rotatable bonds is 3. The molecule has 84 valence electrons. The highest BCUT2D eigenvalue weighted by Crippen LogP contribution is 2.30. The average Bonchev–Trinajstić information content (AvgIpc) is 2.73. The van der Waals surface area contributed by atoms with Crippen molar-refractivity contribution < 1.29 is 0 Å². The first-order valence-electron chi connectivity index (χ1n) is 5.99. The third-order valence-electron chi connectivity index (χ3n) is 3.29. The van der Waals surface area contributed by atoms with Crippen LogP contribution in [0.2, 0.25) is 0 Å². The van der Waals surface area contributed by atoms with E-state index in [1.54, 1.807) is 0 Å². The quantitative estimate of drug-likeness (QED) is 0.823. The summed E-state index contributed by atoms with van der Waals surface area (Å²) in [5, 5.41) is 7.97. The fourth-order valence-corrected chi connectivity index (χ4v) is 2.57. The standard InChI is InChI=1S/C12H21N3/c1-4-5-15-8-11(7-13-15)12-6-9(2)14-10(12)3/h7-10,12,14H,4-6H2,1-3H3. The second kappa shape index (κ2) is 4.35. The Hall–Kier alpha value is -0.830. The van der Waals surface area contributed by atoms with Gasteiger partial charge in [0, 0.05) is 30.7 Å². The number of hydrogen-bond donors (Lipinski definition) is 1. The number of nitrogens with zero attached hydrogens (tertiary/aromatic N) is 2. The van der Waals surface area contributed by atoms with Gasteiger partial charge in [0.1, 0.15) is 0 Å². The smallest absolute Gasteiger partial charge is 0.0525 e. The zero-order valence-electron chi connectivity index (χ0n) is 9.90. The van der Waals surface area contributed by atoms with Gasteiger partial charge < -0.3 is 5.32 Å². The van der Waals surface area contributed by atoms with Crippen molar-refractivity contribution >= 4 is 0 Å². The molecule has 0 radical (unpaired) electrons. The molecule has 2 rings (SSSR count). The van der Waals surface area contributed by atoms with E-state index in [0.717, 1.165) is 13.0 Å². The molecule has 0 bridgehead atoms. The molecule has 3 atom stereocenters. The molecule has 1 aliphatic rings. The third-order valence-corrected chi connectivity index (χ3v) is 3.29. The zero-order valence-corrected chi connectivity index (χ0v) is 9.90. The average molecular weight is 207 g/mol. The highest BCUT2D eigenvalue weighted by Gasteiger charge is 2.29. The predicted molar refractivity (Wildman–Crippen MR) is 61.9 cm³/mol. The van der Waals surface area contributed by atoms with Crippen LogP contribution in [0.1, 0.15) is 45.1 Å². The van der Waals surface area contributed by atoms with Gasteiger partial charge in [-0.15, -0.1) is 0 Å². The van der Waals surface area contributed by atoms with Crippen LogP contribution in [0.5, 0.6) is 0 Å². The Morgan fingerprint density at radius 2 is 2.33 bits per heavy atom. The van der Waals surface area contributed by atoms with E-state index in [-0.39, 0.29) is 0 Å². The molecule has 3 nitrogen and oxygen atoms in total. The molecule has 0 saturated carbocycles. The first-order chi connectivity index (χ1) is 7.20. The molecule has 0 aliphatic carbocycles. The molecule has 0 aromatic carbocycles. The second-order valence-corrected chi connectivity index (χ2v) is 4.74. The Balaban J connectivity index is 2.08. The fraction of sp³-hybridized carbons (Fsp3) is 0.750. The van der Waals surface area contributed by atoms with E-state index in [1.807, 2.05) is 6.20 Å². The summed E-state index contributed by atoms with van der Waals surface area (Å²) in [5.74, 6) is 0.644. The van der Waals surface area contributed by atoms with Gasteiger partial charge in [-0.05, 0) is 32.3 Å². The van der Waals surface area contributed by atoms with Gasteiger partial charge >= 0.3 is 0 Å². The van der Waals surface area contributed by atoms with Crippen LogP contribution in [-0.4, -0.2) is 21.9 Å². The maximum absolute atomic E-state index is 4.40. The SMILES string of the molecule is CCCn1cc(C2CC(C)NC2C)cn1. The van der Waals surface area contributed by atoms with Crippen molar-refractivity contribution in [2.45, 2.75) is 58.2 Å². The van der Waals surface area contributed by atoms with Crippen LogP contribution in [0.25, 0.3) is 0 Å². The Morgan fingerprint density at radius 1 is 1.53 bits per heavy atom. The minimum absolute atomic E-state index is 0.583. The van der Waals surface area contributed by atoms with Gasteiger partial charge in [0.25, 0.3) is 0 Å². The lowest BCUT2D eigenvalue weighted by Gasteiger charge is -2.12. The zero-order chi connectivity index (χ0) is 10.8. The molecule has 1 N–H and O–H groups in total. The van der Waals surface area contributed by atoms with E-state index in [4.69, 9.17) is 0 Å². The molecule has 1 fully saturated rings. The minimum atomic E-state index is 0.583. The van der Waals surface area contributed by atoms with Crippen molar-refractivity contribution in [2.24, 2.45) is 0 Å². The summed E-state index contributed by atoms with van der Waals surface area (Å²) in [6.07, 6.45) is 6.63. The monoisotopic (exact) mass is 207 g/mol. The highest BCUT2D eigenvalue weighted by atomic mass is 15.3. The maximum atomic E-state index is 4.40. The summed E-state index contributed by atoms with van der Waals surface area (Å²) >= 11 is 0. The van der Waals surface area contributed by atoms with Crippen LogP contribution in [0.3, 0.4) is 0 Å². The Bertz CT molecular complexity index is 318. The van der Waals surface area contributed by atoms with Gasteiger partial charge in [0.2, 0.25) is 0 Å². The summed E-state index contributed by atoms with van der Waals surface area (Å²) in [6.45, 7) is 7.74. The van der Waals surface area contributed by atoms with E-state index in [0.29, 0.717) is 18.0 Å². The summed E-state index contributed by atoms with van der Waals surface area (Å²) in [5.41, 5.74) is 1.40. The number of hydrogen-bond acceptors (Lipinski definition) is 2. The largest absolute Gasteiger partial charge is 0.311 e. The van der Waals surface area contributed by atoms with Crippen molar-refractivity contribution in [1.82, 2.24) is 15.1 Å². The van der Waals surface area contributed by atoms with Crippen molar-refractivity contribution in [3.63, 3.8) is 0 Å². The van der Waals surface area contributed by atoms with Crippen LogP contribution in [0, 0.1) is 0 Å². The van der Waals surface area contributed by atoms with Crippen LogP contribution < -0.4 is 5.32 Å². The van der Waals surface area contributed by atoms with Crippen molar-refractivity contribution in [3.05, 3.63) is 18.0 Å². The molecule has 1 aromatic rings. The maximum Gasteiger partial charge on any atom is 0.0525 e. The number of aryl methyl sites for hydroxylation is 1. The first-order valence-corrected chi connectivity index (χ1v) is 5.99. The van der Waals surface area contributed by atoms with E-state index in [1.165, 1.54) is 12.0 Å². The molecule has 2 heterocycles. The molecule has 3 heteroatoms. The van der Waals surface area contributed by atoms with E-state index >= 15 is 0 Å². The Kier molecular flexibility index (Phi) is 3.10. The lowest BCUT2D eigenvalue weighted by molar-refractivity contribution is 0.572. The van der Waals surface area contributed by atoms with Crippen LogP contribution in [0.15, 0.2) is 12.4 Å². The van der Waals surface area contributed by atoms with E-state index in [9.17, 15) is 0 Å². The lowest BCUT2D eigenvalue weighted by atomic mass is 9.94. The second-order valence-electron chi connectivity index (χ2n) is 4.74. The molecule has 3 unspecified atom stereocenters. The van der Waals surface area contributed by atoms with Crippen LogP contribution in [0.4, 0.5) is 0 Å². The molecular weight excluding hydrogens is 186 g/mol. The van der Waals surface area contributed by atoms with Gasteiger partial charge in [-0.1, -0.05) is 6.92 Å². The normalized spacial score (nSPS) is 31.0. The molecule has 15 heavy (non-hydrogen) atoms.